The van der Waals surface area contributed by atoms with Gasteiger partial charge in [0, 0.05) is 17.1 Å². The first kappa shape index (κ1) is 19.3. The Morgan fingerprint density at radius 1 is 0.690 bits per heavy atom. The van der Waals surface area contributed by atoms with Gasteiger partial charge in [0.1, 0.15) is 0 Å². The Morgan fingerprint density at radius 2 is 1.28 bits per heavy atom. The number of rotatable bonds is 4. The number of nitrogens with zero attached hydrogens (tertiary/aromatic N) is 1. The second-order valence-electron chi connectivity index (χ2n) is 8.67. The minimum absolute atomic E-state index is 0.181. The van der Waals surface area contributed by atoms with Gasteiger partial charge in [0.2, 0.25) is 0 Å². The molecule has 1 nitrogen and oxygen atoms in total. The van der Waals surface area contributed by atoms with Gasteiger partial charge in [-0.2, -0.15) is 0 Å². The van der Waals surface area contributed by atoms with Gasteiger partial charge in [-0.25, -0.2) is 0 Å². The van der Waals surface area contributed by atoms with Crippen molar-refractivity contribution in [3.8, 4) is 11.1 Å². The highest BCUT2D eigenvalue weighted by atomic mass is 15.1. The quantitative estimate of drug-likeness (QED) is 0.443. The highest BCUT2D eigenvalue weighted by Gasteiger charge is 2.16. The first-order valence-electron chi connectivity index (χ1n) is 10.4. The third-order valence-corrected chi connectivity index (χ3v) is 5.50. The van der Waals surface area contributed by atoms with Crippen LogP contribution < -0.4 is 4.90 Å². The summed E-state index contributed by atoms with van der Waals surface area (Å²) in [5, 5.41) is 0. The van der Waals surface area contributed by atoms with Crippen LogP contribution in [0.15, 0.2) is 103 Å². The number of benzene rings is 3. The van der Waals surface area contributed by atoms with Gasteiger partial charge in [-0.05, 0) is 65.3 Å². The van der Waals surface area contributed by atoms with E-state index in [4.69, 9.17) is 0 Å². The predicted molar refractivity (Wildman–Crippen MR) is 126 cm³/mol. The standard InChI is InChI=1S/C28H29N/c1-28(2,3)24-18-14-22(15-19-24)23-16-20-27(21-17-23)29(25-10-6-4-7-11-25)26-12-8-5-9-13-26/h4-8,10-12,14-21H,9,13H2,1-3H3. The lowest BCUT2D eigenvalue weighted by Crippen LogP contribution is -2.17. The van der Waals surface area contributed by atoms with Crippen LogP contribution in [-0.2, 0) is 5.41 Å². The molecule has 3 aromatic rings. The summed E-state index contributed by atoms with van der Waals surface area (Å²) in [5.74, 6) is 0. The van der Waals surface area contributed by atoms with Crippen LogP contribution in [0.4, 0.5) is 11.4 Å². The SMILES string of the molecule is CC(C)(C)c1ccc(-c2ccc(N(C3=CC=CCC3)c3ccccc3)cc2)cc1. The van der Waals surface area contributed by atoms with Crippen LogP contribution in [0.2, 0.25) is 0 Å². The zero-order chi connectivity index (χ0) is 20.3. The van der Waals surface area contributed by atoms with Gasteiger partial charge >= 0.3 is 0 Å². The van der Waals surface area contributed by atoms with E-state index in [0.717, 1.165) is 12.8 Å². The molecular weight excluding hydrogens is 350 g/mol. The van der Waals surface area contributed by atoms with E-state index in [9.17, 15) is 0 Å². The smallest absolute Gasteiger partial charge is 0.0458 e. The zero-order valence-electron chi connectivity index (χ0n) is 17.6. The molecule has 0 N–H and O–H groups in total. The van der Waals surface area contributed by atoms with Crippen molar-refractivity contribution < 1.29 is 0 Å². The highest BCUT2D eigenvalue weighted by Crippen LogP contribution is 2.34. The van der Waals surface area contributed by atoms with Gasteiger partial charge < -0.3 is 4.90 Å². The van der Waals surface area contributed by atoms with Crippen LogP contribution in [0.3, 0.4) is 0 Å². The molecule has 0 saturated heterocycles. The summed E-state index contributed by atoms with van der Waals surface area (Å²) >= 11 is 0. The molecule has 0 aliphatic heterocycles. The van der Waals surface area contributed by atoms with E-state index in [-0.39, 0.29) is 5.41 Å². The summed E-state index contributed by atoms with van der Waals surface area (Å²) in [5.41, 5.74) is 7.80. The molecule has 0 bridgehead atoms. The summed E-state index contributed by atoms with van der Waals surface area (Å²) in [6, 6.07) is 28.5. The first-order valence-corrected chi connectivity index (χ1v) is 10.4. The first-order chi connectivity index (χ1) is 14.0. The molecule has 0 heterocycles. The van der Waals surface area contributed by atoms with Crippen LogP contribution in [-0.4, -0.2) is 0 Å². The largest absolute Gasteiger partial charge is 0.314 e. The van der Waals surface area contributed by atoms with E-state index in [1.54, 1.807) is 0 Å². The van der Waals surface area contributed by atoms with E-state index in [1.165, 1.54) is 33.8 Å². The normalized spacial score (nSPS) is 13.8. The zero-order valence-corrected chi connectivity index (χ0v) is 17.6. The minimum Gasteiger partial charge on any atom is -0.314 e. The van der Waals surface area contributed by atoms with E-state index in [1.807, 2.05) is 0 Å². The van der Waals surface area contributed by atoms with E-state index < -0.39 is 0 Å². The fourth-order valence-electron chi connectivity index (χ4n) is 3.80. The summed E-state index contributed by atoms with van der Waals surface area (Å²) in [7, 11) is 0. The van der Waals surface area contributed by atoms with Crippen molar-refractivity contribution in [2.24, 2.45) is 0 Å². The molecular formula is C28H29N. The highest BCUT2D eigenvalue weighted by molar-refractivity contribution is 5.73. The second kappa shape index (κ2) is 8.13. The lowest BCUT2D eigenvalue weighted by Gasteiger charge is -2.29. The van der Waals surface area contributed by atoms with Crippen molar-refractivity contribution in [3.63, 3.8) is 0 Å². The third kappa shape index (κ3) is 4.35. The molecule has 0 unspecified atom stereocenters. The molecule has 1 aliphatic rings. The van der Waals surface area contributed by atoms with Crippen molar-refractivity contribution in [2.45, 2.75) is 39.0 Å². The molecule has 0 amide bonds. The molecule has 0 spiro atoms. The number of para-hydroxylation sites is 1. The van der Waals surface area contributed by atoms with Crippen LogP contribution >= 0.6 is 0 Å². The number of allylic oxidation sites excluding steroid dienone is 4. The molecule has 4 rings (SSSR count). The van der Waals surface area contributed by atoms with Gasteiger partial charge in [0.15, 0.2) is 0 Å². The number of hydrogen-bond donors (Lipinski definition) is 0. The Morgan fingerprint density at radius 3 is 1.83 bits per heavy atom. The molecule has 0 radical (unpaired) electrons. The summed E-state index contributed by atoms with van der Waals surface area (Å²) < 4.78 is 0. The lowest BCUT2D eigenvalue weighted by molar-refractivity contribution is 0.590. The molecule has 3 aromatic carbocycles. The number of hydrogen-bond acceptors (Lipinski definition) is 1. The van der Waals surface area contributed by atoms with Gasteiger partial charge in [0.05, 0.1) is 0 Å². The Kier molecular flexibility index (Phi) is 5.40. The maximum atomic E-state index is 2.37. The van der Waals surface area contributed by atoms with Crippen LogP contribution in [0.25, 0.3) is 11.1 Å². The summed E-state index contributed by atoms with van der Waals surface area (Å²) in [4.78, 5) is 2.37. The summed E-state index contributed by atoms with van der Waals surface area (Å²) in [6.07, 6.45) is 8.78. The van der Waals surface area contributed by atoms with Crippen molar-refractivity contribution in [1.82, 2.24) is 0 Å². The maximum absolute atomic E-state index is 2.37. The molecule has 0 saturated carbocycles. The van der Waals surface area contributed by atoms with Crippen LogP contribution in [0.5, 0.6) is 0 Å². The van der Waals surface area contributed by atoms with E-state index in [2.05, 4.69) is 123 Å². The Balaban J connectivity index is 1.66. The summed E-state index contributed by atoms with van der Waals surface area (Å²) in [6.45, 7) is 6.76. The average molecular weight is 380 g/mol. The average Bonchev–Trinajstić information content (AvgIpc) is 2.76. The Hall–Kier alpha value is -3.06. The topological polar surface area (TPSA) is 3.24 Å². The molecule has 29 heavy (non-hydrogen) atoms. The fourth-order valence-corrected chi connectivity index (χ4v) is 3.80. The van der Waals surface area contributed by atoms with Gasteiger partial charge in [-0.1, -0.05) is 87.5 Å². The van der Waals surface area contributed by atoms with Gasteiger partial charge in [-0.3, -0.25) is 0 Å². The molecule has 0 fully saturated rings. The fraction of sp³-hybridized carbons (Fsp3) is 0.214. The lowest BCUT2D eigenvalue weighted by atomic mass is 9.86. The maximum Gasteiger partial charge on any atom is 0.0458 e. The molecule has 0 aromatic heterocycles. The van der Waals surface area contributed by atoms with Gasteiger partial charge in [0.25, 0.3) is 0 Å². The monoisotopic (exact) mass is 379 g/mol. The third-order valence-electron chi connectivity index (χ3n) is 5.50. The molecule has 1 heteroatoms. The predicted octanol–water partition coefficient (Wildman–Crippen LogP) is 8.02. The van der Waals surface area contributed by atoms with Crippen molar-refractivity contribution in [1.29, 1.82) is 0 Å². The van der Waals surface area contributed by atoms with Crippen molar-refractivity contribution in [2.75, 3.05) is 4.90 Å². The molecule has 0 atom stereocenters. The van der Waals surface area contributed by atoms with Crippen molar-refractivity contribution >= 4 is 11.4 Å². The molecule has 146 valence electrons. The van der Waals surface area contributed by atoms with Gasteiger partial charge in [-0.15, -0.1) is 0 Å². The van der Waals surface area contributed by atoms with Crippen LogP contribution in [0, 0.1) is 0 Å². The van der Waals surface area contributed by atoms with Crippen LogP contribution in [0.1, 0.15) is 39.2 Å². The molecule has 1 aliphatic carbocycles. The van der Waals surface area contributed by atoms with E-state index in [0.29, 0.717) is 0 Å². The number of anilines is 2. The second-order valence-corrected chi connectivity index (χ2v) is 8.67. The Labute approximate surface area is 175 Å². The van der Waals surface area contributed by atoms with Crippen molar-refractivity contribution in [3.05, 3.63) is 108 Å². The van der Waals surface area contributed by atoms with E-state index >= 15 is 0 Å². The minimum atomic E-state index is 0.181. The Bertz CT molecular complexity index is 1000.